The van der Waals surface area contributed by atoms with E-state index in [2.05, 4.69) is 0 Å². The number of nitrogens with zero attached hydrogens (tertiary/aromatic N) is 1. The molecule has 0 N–H and O–H groups in total. The molecule has 1 fully saturated rings. The Morgan fingerprint density at radius 1 is 1.17 bits per heavy atom. The smallest absolute Gasteiger partial charge is 0.278 e. The predicted molar refractivity (Wildman–Crippen MR) is 95.0 cm³/mol. The highest BCUT2D eigenvalue weighted by atomic mass is 35.6. The Labute approximate surface area is 152 Å². The molecule has 0 radical (unpaired) electrons. The third kappa shape index (κ3) is 5.59. The molecule has 0 atom stereocenters. The van der Waals surface area contributed by atoms with Crippen LogP contribution in [0.4, 0.5) is 0 Å². The second-order valence-electron chi connectivity index (χ2n) is 5.63. The first kappa shape index (κ1) is 18.4. The Balaban J connectivity index is 2.19. The molecule has 0 heterocycles. The number of carbonyl (C=O) groups is 1. The molecule has 0 saturated heterocycles. The van der Waals surface area contributed by atoms with Crippen LogP contribution in [0.5, 0.6) is 5.75 Å². The van der Waals surface area contributed by atoms with Crippen molar-refractivity contribution in [2.45, 2.75) is 42.4 Å². The largest absolute Gasteiger partial charge is 0.497 e. The van der Waals surface area contributed by atoms with E-state index in [1.165, 1.54) is 16.9 Å². The molecule has 1 aromatic rings. The number of rotatable bonds is 4. The molecular formula is C17H20Cl3NO2. The molecule has 0 unspecified atom stereocenters. The Hall–Kier alpha value is -0.900. The third-order valence-electron chi connectivity index (χ3n) is 3.85. The minimum absolute atomic E-state index is 0.361. The summed E-state index contributed by atoms with van der Waals surface area (Å²) in [6.45, 7) is 0.361. The van der Waals surface area contributed by atoms with Gasteiger partial charge in [0, 0.05) is 6.20 Å². The van der Waals surface area contributed by atoms with Crippen LogP contribution in [0.2, 0.25) is 0 Å². The van der Waals surface area contributed by atoms with Crippen LogP contribution < -0.4 is 4.74 Å². The number of carbonyl (C=O) groups excluding carboxylic acids is 1. The fraction of sp³-hybridized carbons (Fsp3) is 0.471. The van der Waals surface area contributed by atoms with Crippen LogP contribution in [-0.4, -0.2) is 21.7 Å². The van der Waals surface area contributed by atoms with Crippen molar-refractivity contribution in [3.8, 4) is 5.75 Å². The van der Waals surface area contributed by atoms with Crippen molar-refractivity contribution in [1.82, 2.24) is 4.90 Å². The normalized spacial score (nSPS) is 15.2. The van der Waals surface area contributed by atoms with Crippen LogP contribution in [0.3, 0.4) is 0 Å². The SMILES string of the molecule is COc1ccc(CN(C=C2CCCCC2)C(=O)C(Cl)(Cl)Cl)cc1. The molecule has 1 amide bonds. The zero-order valence-electron chi connectivity index (χ0n) is 13.0. The maximum Gasteiger partial charge on any atom is 0.278 e. The lowest BCUT2D eigenvalue weighted by Gasteiger charge is -2.25. The van der Waals surface area contributed by atoms with Gasteiger partial charge in [0.1, 0.15) is 5.75 Å². The van der Waals surface area contributed by atoms with E-state index in [9.17, 15) is 4.79 Å². The van der Waals surface area contributed by atoms with Crippen LogP contribution in [0, 0.1) is 0 Å². The Bertz CT molecular complexity index is 556. The number of halogens is 3. The van der Waals surface area contributed by atoms with E-state index in [1.807, 2.05) is 30.5 Å². The van der Waals surface area contributed by atoms with E-state index in [-0.39, 0.29) is 0 Å². The number of benzene rings is 1. The summed E-state index contributed by atoms with van der Waals surface area (Å²) >= 11 is 17.4. The molecule has 2 rings (SSSR count). The zero-order chi connectivity index (χ0) is 16.9. The minimum atomic E-state index is -1.96. The quantitative estimate of drug-likeness (QED) is 0.672. The van der Waals surface area contributed by atoms with Crippen molar-refractivity contribution in [2.24, 2.45) is 0 Å². The van der Waals surface area contributed by atoms with E-state index >= 15 is 0 Å². The van der Waals surface area contributed by atoms with Gasteiger partial charge in [-0.1, -0.05) is 58.9 Å². The van der Waals surface area contributed by atoms with Crippen LogP contribution in [0.25, 0.3) is 0 Å². The van der Waals surface area contributed by atoms with Crippen LogP contribution >= 0.6 is 34.8 Å². The van der Waals surface area contributed by atoms with Gasteiger partial charge in [-0.3, -0.25) is 4.79 Å². The molecule has 1 saturated carbocycles. The summed E-state index contributed by atoms with van der Waals surface area (Å²) in [6.07, 6.45) is 7.36. The molecule has 126 valence electrons. The topological polar surface area (TPSA) is 29.5 Å². The van der Waals surface area contributed by atoms with Gasteiger partial charge in [0.05, 0.1) is 13.7 Å². The molecular weight excluding hydrogens is 357 g/mol. The summed E-state index contributed by atoms with van der Waals surface area (Å²) in [5, 5.41) is 0. The Morgan fingerprint density at radius 2 is 1.78 bits per heavy atom. The van der Waals surface area contributed by atoms with Gasteiger partial charge in [-0.05, 0) is 43.4 Å². The van der Waals surface area contributed by atoms with Crippen molar-refractivity contribution in [3.05, 3.63) is 41.6 Å². The highest BCUT2D eigenvalue weighted by Gasteiger charge is 2.34. The Morgan fingerprint density at radius 3 is 2.30 bits per heavy atom. The van der Waals surface area contributed by atoms with E-state index in [4.69, 9.17) is 39.5 Å². The molecule has 0 spiro atoms. The number of amides is 1. The van der Waals surface area contributed by atoms with E-state index in [1.54, 1.807) is 7.11 Å². The average molecular weight is 377 g/mol. The number of hydrogen-bond acceptors (Lipinski definition) is 2. The summed E-state index contributed by atoms with van der Waals surface area (Å²) < 4.78 is 3.18. The average Bonchev–Trinajstić information content (AvgIpc) is 2.54. The monoisotopic (exact) mass is 375 g/mol. The van der Waals surface area contributed by atoms with Gasteiger partial charge in [-0.25, -0.2) is 0 Å². The lowest BCUT2D eigenvalue weighted by atomic mass is 9.95. The molecule has 1 aliphatic carbocycles. The highest BCUT2D eigenvalue weighted by molar-refractivity contribution is 6.76. The number of ether oxygens (including phenoxy) is 1. The van der Waals surface area contributed by atoms with Gasteiger partial charge in [-0.15, -0.1) is 0 Å². The molecule has 1 aliphatic rings. The summed E-state index contributed by atoms with van der Waals surface area (Å²) in [5.41, 5.74) is 2.17. The standard InChI is InChI=1S/C17H20Cl3NO2/c1-23-15-9-7-14(8-10-15)12-21(16(22)17(18,19)20)11-13-5-3-2-4-6-13/h7-11H,2-6,12H2,1H3. The van der Waals surface area contributed by atoms with Crippen LogP contribution in [0.1, 0.15) is 37.7 Å². The van der Waals surface area contributed by atoms with Crippen LogP contribution in [-0.2, 0) is 11.3 Å². The van der Waals surface area contributed by atoms with Crippen molar-refractivity contribution in [1.29, 1.82) is 0 Å². The first-order chi connectivity index (χ1) is 10.9. The summed E-state index contributed by atoms with van der Waals surface area (Å²) in [7, 11) is 1.61. The number of hydrogen-bond donors (Lipinski definition) is 0. The summed E-state index contributed by atoms with van der Waals surface area (Å²) in [4.78, 5) is 13.9. The molecule has 0 bridgehead atoms. The van der Waals surface area contributed by atoms with Crippen molar-refractivity contribution in [3.63, 3.8) is 0 Å². The number of methoxy groups -OCH3 is 1. The van der Waals surface area contributed by atoms with Gasteiger partial charge < -0.3 is 9.64 Å². The Kier molecular flexibility index (Phi) is 6.63. The van der Waals surface area contributed by atoms with Gasteiger partial charge in [0.15, 0.2) is 0 Å². The van der Waals surface area contributed by atoms with E-state index in [0.717, 1.165) is 37.0 Å². The molecule has 0 aromatic heterocycles. The lowest BCUT2D eigenvalue weighted by Crippen LogP contribution is -2.35. The first-order valence-corrected chi connectivity index (χ1v) is 8.74. The summed E-state index contributed by atoms with van der Waals surface area (Å²) in [6, 6.07) is 7.50. The van der Waals surface area contributed by atoms with Crippen LogP contribution in [0.15, 0.2) is 36.0 Å². The molecule has 23 heavy (non-hydrogen) atoms. The fourth-order valence-electron chi connectivity index (χ4n) is 2.62. The van der Waals surface area contributed by atoms with Crippen molar-refractivity contribution < 1.29 is 9.53 Å². The van der Waals surface area contributed by atoms with Crippen molar-refractivity contribution >= 4 is 40.7 Å². The zero-order valence-corrected chi connectivity index (χ0v) is 15.3. The fourth-order valence-corrected chi connectivity index (χ4v) is 2.95. The van der Waals surface area contributed by atoms with E-state index in [0.29, 0.717) is 6.54 Å². The van der Waals surface area contributed by atoms with E-state index < -0.39 is 9.70 Å². The first-order valence-electron chi connectivity index (χ1n) is 7.60. The van der Waals surface area contributed by atoms with Gasteiger partial charge in [-0.2, -0.15) is 0 Å². The molecule has 0 aliphatic heterocycles. The summed E-state index contributed by atoms with van der Waals surface area (Å²) in [5.74, 6) is 0.232. The predicted octanol–water partition coefficient (Wildman–Crippen LogP) is 5.24. The molecule has 1 aromatic carbocycles. The highest BCUT2D eigenvalue weighted by Crippen LogP contribution is 2.31. The third-order valence-corrected chi connectivity index (χ3v) is 4.33. The lowest BCUT2D eigenvalue weighted by molar-refractivity contribution is -0.128. The maximum atomic E-state index is 12.4. The number of allylic oxidation sites excluding steroid dienone is 1. The minimum Gasteiger partial charge on any atom is -0.497 e. The number of alkyl halides is 3. The molecule has 3 nitrogen and oxygen atoms in total. The molecule has 6 heteroatoms. The van der Waals surface area contributed by atoms with Gasteiger partial charge >= 0.3 is 0 Å². The van der Waals surface area contributed by atoms with Crippen molar-refractivity contribution in [2.75, 3.05) is 7.11 Å². The second kappa shape index (κ2) is 8.27. The van der Waals surface area contributed by atoms with Gasteiger partial charge in [0.25, 0.3) is 9.70 Å². The second-order valence-corrected chi connectivity index (χ2v) is 7.91. The maximum absolute atomic E-state index is 12.4. The van der Waals surface area contributed by atoms with Gasteiger partial charge in [0.2, 0.25) is 0 Å².